The lowest BCUT2D eigenvalue weighted by atomic mass is 9.44. The van der Waals surface area contributed by atoms with Gasteiger partial charge in [-0.15, -0.1) is 0 Å². The largest absolute Gasteiger partial charge is 0.455 e. The van der Waals surface area contributed by atoms with Gasteiger partial charge in [0.15, 0.2) is 17.5 Å². The van der Waals surface area contributed by atoms with Gasteiger partial charge in [0.05, 0.1) is 52.3 Å². The number of nitrogens with zero attached hydrogens (tertiary/aromatic N) is 2. The van der Waals surface area contributed by atoms with E-state index >= 15 is 9.59 Å². The van der Waals surface area contributed by atoms with Gasteiger partial charge in [0.1, 0.15) is 30.0 Å². The molecule has 1 heterocycles. The highest BCUT2D eigenvalue weighted by Crippen LogP contribution is 2.64. The van der Waals surface area contributed by atoms with Gasteiger partial charge in [0, 0.05) is 54.0 Å². The molecule has 0 spiro atoms. The number of carbonyl (C=O) groups excluding carboxylic acids is 7. The second kappa shape index (κ2) is 23.1. The first-order valence-corrected chi connectivity index (χ1v) is 26.6. The van der Waals surface area contributed by atoms with Crippen LogP contribution in [-0.2, 0) is 65.2 Å². The Hall–Kier alpha value is -8.99. The minimum absolute atomic E-state index is 0.0363. The number of fused-ring (bicyclic) bond motifs is 5. The summed E-state index contributed by atoms with van der Waals surface area (Å²) in [6, 6.07) is 32.3. The van der Waals surface area contributed by atoms with Crippen LogP contribution in [0.2, 0.25) is 0 Å². The van der Waals surface area contributed by atoms with E-state index in [0.717, 1.165) is 13.0 Å². The Morgan fingerprint density at radius 1 is 0.735 bits per heavy atom. The van der Waals surface area contributed by atoms with Crippen LogP contribution in [0.5, 0.6) is 0 Å². The average molecular weight is 1140 g/mol. The Morgan fingerprint density at radius 3 is 1.81 bits per heavy atom. The van der Waals surface area contributed by atoms with E-state index in [9.17, 15) is 54.4 Å². The number of nitro groups is 2. The lowest BCUT2D eigenvalue weighted by molar-refractivity contribution is -0.385. The molecule has 0 unspecified atom stereocenters. The second-order valence-electron chi connectivity index (χ2n) is 21.8. The molecule has 3 aliphatic carbocycles. The summed E-state index contributed by atoms with van der Waals surface area (Å²) in [5.74, 6) is -9.29. The van der Waals surface area contributed by atoms with Crippen LogP contribution in [-0.4, -0.2) is 116 Å². The number of para-hydroxylation sites is 2. The number of Topliss-reactive ketones (excluding diaryl/α,β-unsaturated/α-hetero) is 1. The molecule has 4 aliphatic rings. The number of aliphatic hydroxyl groups excluding tert-OH is 1. The molecule has 9 rings (SSSR count). The Morgan fingerprint density at radius 2 is 1.27 bits per heavy atom. The molecule has 0 aromatic heterocycles. The molecular formula is C61H59N3O19. The first-order chi connectivity index (χ1) is 39.4. The van der Waals surface area contributed by atoms with E-state index < -0.39 is 159 Å². The molecule has 11 atom stereocenters. The van der Waals surface area contributed by atoms with Gasteiger partial charge in [-0.25, -0.2) is 9.59 Å². The van der Waals surface area contributed by atoms with E-state index in [1.54, 1.807) is 54.6 Å². The number of ketones is 1. The smallest absolute Gasteiger partial charge is 0.350 e. The first-order valence-electron chi connectivity index (χ1n) is 26.6. The molecule has 5 aromatic carbocycles. The minimum atomic E-state index is -2.66. The van der Waals surface area contributed by atoms with Crippen molar-refractivity contribution in [2.75, 3.05) is 6.61 Å². The van der Waals surface area contributed by atoms with Gasteiger partial charge in [0.25, 0.3) is 17.3 Å². The Bertz CT molecular complexity index is 3430. The van der Waals surface area contributed by atoms with Crippen LogP contribution in [0.4, 0.5) is 11.4 Å². The van der Waals surface area contributed by atoms with Crippen molar-refractivity contribution in [1.29, 1.82) is 0 Å². The summed E-state index contributed by atoms with van der Waals surface area (Å²) < 4.78 is 37.3. The predicted molar refractivity (Wildman–Crippen MR) is 289 cm³/mol. The number of hydrogen-bond acceptors (Lipinski definition) is 19. The number of carbonyl (C=O) groups is 7. The third kappa shape index (κ3) is 10.9. The number of ether oxygens (including phenoxy) is 6. The summed E-state index contributed by atoms with van der Waals surface area (Å²) in [6.07, 6.45) is -13.7. The van der Waals surface area contributed by atoms with Crippen LogP contribution >= 0.6 is 0 Å². The van der Waals surface area contributed by atoms with Gasteiger partial charge >= 0.3 is 29.8 Å². The van der Waals surface area contributed by atoms with E-state index in [2.05, 4.69) is 5.32 Å². The summed E-state index contributed by atoms with van der Waals surface area (Å²) in [5, 5.41) is 53.7. The highest BCUT2D eigenvalue weighted by molar-refractivity contribution is 5.97. The number of benzene rings is 5. The molecule has 22 heteroatoms. The van der Waals surface area contributed by atoms with Crippen molar-refractivity contribution < 1.29 is 82.0 Å². The number of esters is 5. The van der Waals surface area contributed by atoms with Crippen LogP contribution in [0.15, 0.2) is 151 Å². The molecule has 1 amide bonds. The molecule has 1 saturated heterocycles. The molecule has 432 valence electrons. The van der Waals surface area contributed by atoms with Crippen LogP contribution in [0.25, 0.3) is 0 Å². The monoisotopic (exact) mass is 1140 g/mol. The molecule has 2 saturated carbocycles. The zero-order chi connectivity index (χ0) is 59.8. The van der Waals surface area contributed by atoms with E-state index in [4.69, 9.17) is 28.4 Å². The first kappa shape index (κ1) is 58.7. The van der Waals surface area contributed by atoms with Gasteiger partial charge in [-0.2, -0.15) is 0 Å². The summed E-state index contributed by atoms with van der Waals surface area (Å²) >= 11 is 0. The fourth-order valence-electron chi connectivity index (χ4n) is 12.5. The average Bonchev–Trinajstić information content (AvgIpc) is 0.737. The molecular weight excluding hydrogens is 1080 g/mol. The molecule has 3 N–H and O–H groups in total. The van der Waals surface area contributed by atoms with Crippen molar-refractivity contribution in [2.24, 2.45) is 16.7 Å². The van der Waals surface area contributed by atoms with Gasteiger partial charge in [0.2, 0.25) is 6.10 Å². The molecule has 3 fully saturated rings. The number of hydrogen-bond donors (Lipinski definition) is 3. The third-order valence-corrected chi connectivity index (χ3v) is 16.7. The van der Waals surface area contributed by atoms with Crippen LogP contribution in [0.3, 0.4) is 0 Å². The molecule has 83 heavy (non-hydrogen) atoms. The van der Waals surface area contributed by atoms with Crippen molar-refractivity contribution in [1.82, 2.24) is 5.32 Å². The lowest BCUT2D eigenvalue weighted by Crippen LogP contribution is -2.82. The fourth-order valence-corrected chi connectivity index (χ4v) is 12.5. The SMILES string of the molecule is CC(=O)O[C@@]12CO[C@@H]1C[C@H](O)[C@@]1(C)C(=O)[C@H](OC(=O)Cc3ccccc3[N+](=O)[O-])C3=C(C)[C@@H](OC(=O)[C@H](OC(=O)Cc4ccccc4[N+](=O)[O-])[C@@H](NC(=O)c4ccccc4)c4ccccc4)C[C@@](O)([C@@H](OC(=O)c4ccccc4)[C@H]21)C3(C)C. The maximum Gasteiger partial charge on any atom is 0.350 e. The molecule has 22 nitrogen and oxygen atoms in total. The quantitative estimate of drug-likeness (QED) is 0.0291. The normalized spacial score (nSPS) is 26.5. The van der Waals surface area contributed by atoms with E-state index in [1.807, 2.05) is 0 Å². The fraction of sp³-hybridized carbons (Fsp3) is 0.361. The number of amides is 1. The van der Waals surface area contributed by atoms with Gasteiger partial charge < -0.3 is 44.0 Å². The Balaban J connectivity index is 1.23. The zero-order valence-corrected chi connectivity index (χ0v) is 45.7. The van der Waals surface area contributed by atoms with Gasteiger partial charge in [-0.05, 0) is 54.8 Å². The number of nitro benzene ring substituents is 2. The molecule has 0 radical (unpaired) electrons. The number of aliphatic hydroxyl groups is 2. The predicted octanol–water partition coefficient (Wildman–Crippen LogP) is 6.57. The Kier molecular flexibility index (Phi) is 16.3. The van der Waals surface area contributed by atoms with Gasteiger partial charge in [-0.1, -0.05) is 117 Å². The van der Waals surface area contributed by atoms with E-state index in [0.29, 0.717) is 0 Å². The second-order valence-corrected chi connectivity index (χ2v) is 21.8. The number of rotatable bonds is 17. The summed E-state index contributed by atoms with van der Waals surface area (Å²) in [6.45, 7) is 6.26. The Labute approximate surface area is 475 Å². The third-order valence-electron chi connectivity index (χ3n) is 16.7. The molecule has 1 aliphatic heterocycles. The van der Waals surface area contributed by atoms with Crippen molar-refractivity contribution in [3.05, 3.63) is 199 Å². The van der Waals surface area contributed by atoms with Crippen molar-refractivity contribution >= 4 is 52.9 Å². The summed E-state index contributed by atoms with van der Waals surface area (Å²) in [7, 11) is 0. The number of nitrogens with one attached hydrogen (secondary N) is 1. The minimum Gasteiger partial charge on any atom is -0.455 e. The standard InChI is InChI=1S/C61H59N3O19/c1-34-43(79-57(72)51(81-47(68)30-40-26-16-18-28-42(40)64(76)77)49(36-19-9-6-10-20-36)62-55(70)37-21-11-7-12-22-37)32-61(73)54(82-56(71)38-23-13-8-14-24-38)52-59(5,44(66)31-45-60(52,33-78-45)83-35(2)65)53(69)50(48(34)58(61,3)4)80-46(67)29-39-25-15-17-27-41(39)63(74)75/h6-28,43-45,49-52,54,66,73H,29-33H2,1-5H3,(H,62,70)/t43-,44-,45+,49-,50+,51+,52-,54-,59+,60-,61+/m0/s1. The van der Waals surface area contributed by atoms with Crippen molar-refractivity contribution in [2.45, 2.75) is 114 Å². The van der Waals surface area contributed by atoms with Crippen LogP contribution < -0.4 is 5.32 Å². The molecule has 2 bridgehead atoms. The molecule has 5 aromatic rings. The van der Waals surface area contributed by atoms with E-state index in [-0.39, 0.29) is 45.4 Å². The highest BCUT2D eigenvalue weighted by Gasteiger charge is 2.78. The van der Waals surface area contributed by atoms with E-state index in [1.165, 1.54) is 107 Å². The summed E-state index contributed by atoms with van der Waals surface area (Å²) in [4.78, 5) is 126. The van der Waals surface area contributed by atoms with Crippen LogP contribution in [0.1, 0.15) is 90.9 Å². The summed E-state index contributed by atoms with van der Waals surface area (Å²) in [5.41, 5.74) is -9.94. The maximum atomic E-state index is 16.3. The lowest BCUT2D eigenvalue weighted by Gasteiger charge is -2.67. The topological polar surface area (TPSA) is 314 Å². The zero-order valence-electron chi connectivity index (χ0n) is 45.7. The highest BCUT2D eigenvalue weighted by atomic mass is 16.6. The maximum absolute atomic E-state index is 16.3. The van der Waals surface area contributed by atoms with Crippen molar-refractivity contribution in [3.63, 3.8) is 0 Å². The van der Waals surface area contributed by atoms with Gasteiger partial charge in [-0.3, -0.25) is 44.2 Å². The van der Waals surface area contributed by atoms with Crippen molar-refractivity contribution in [3.8, 4) is 0 Å². The van der Waals surface area contributed by atoms with Crippen LogP contribution in [0, 0.1) is 37.0 Å².